The highest BCUT2D eigenvalue weighted by atomic mass is 16.6. The normalized spacial score (nSPS) is 29.2. The summed E-state index contributed by atoms with van der Waals surface area (Å²) in [6.45, 7) is 4.94. The predicted octanol–water partition coefficient (Wildman–Crippen LogP) is 0.600. The minimum Gasteiger partial charge on any atom is -0.447 e. The third kappa shape index (κ3) is 1.39. The number of likely N-dealkylation sites (N-methyl/N-ethyl adjacent to an activating group) is 1. The molecule has 0 bridgehead atoms. The van der Waals surface area contributed by atoms with Gasteiger partial charge in [0.2, 0.25) is 0 Å². The van der Waals surface area contributed by atoms with E-state index in [1.165, 1.54) is 0 Å². The molecule has 0 saturated carbocycles. The second-order valence-electron chi connectivity index (χ2n) is 3.27. The van der Waals surface area contributed by atoms with Crippen LogP contribution in [0.2, 0.25) is 0 Å². The summed E-state index contributed by atoms with van der Waals surface area (Å²) in [7, 11) is 0. The number of nitrogens with zero attached hydrogens (tertiary/aromatic N) is 1. The molecule has 0 spiro atoms. The molecule has 1 saturated heterocycles. The zero-order chi connectivity index (χ0) is 9.19. The summed E-state index contributed by atoms with van der Waals surface area (Å²) < 4.78 is 4.90. The van der Waals surface area contributed by atoms with Crippen molar-refractivity contribution in [2.75, 3.05) is 19.8 Å². The van der Waals surface area contributed by atoms with Crippen molar-refractivity contribution in [1.29, 1.82) is 0 Å². The van der Waals surface area contributed by atoms with Crippen molar-refractivity contribution < 1.29 is 14.6 Å². The molecule has 4 heteroatoms. The Hall–Kier alpha value is -0.770. The van der Waals surface area contributed by atoms with E-state index in [1.54, 1.807) is 4.90 Å². The van der Waals surface area contributed by atoms with Crippen LogP contribution in [0.15, 0.2) is 0 Å². The Morgan fingerprint density at radius 2 is 2.42 bits per heavy atom. The minimum atomic E-state index is -0.305. The molecule has 1 fully saturated rings. The summed E-state index contributed by atoms with van der Waals surface area (Å²) in [6, 6.07) is 0. The fourth-order valence-electron chi connectivity index (χ4n) is 1.55. The molecule has 0 aromatic heterocycles. The van der Waals surface area contributed by atoms with Crippen molar-refractivity contribution in [2.24, 2.45) is 0 Å². The van der Waals surface area contributed by atoms with Crippen LogP contribution >= 0.6 is 0 Å². The monoisotopic (exact) mass is 173 g/mol. The van der Waals surface area contributed by atoms with Crippen LogP contribution in [0.4, 0.5) is 4.79 Å². The molecule has 1 N–H and O–H groups in total. The lowest BCUT2D eigenvalue weighted by Crippen LogP contribution is -2.45. The van der Waals surface area contributed by atoms with Gasteiger partial charge in [-0.2, -0.15) is 0 Å². The van der Waals surface area contributed by atoms with E-state index in [4.69, 9.17) is 9.84 Å². The van der Waals surface area contributed by atoms with Crippen LogP contribution in [-0.4, -0.2) is 41.4 Å². The van der Waals surface area contributed by atoms with Gasteiger partial charge in [0.05, 0.1) is 5.54 Å². The maximum absolute atomic E-state index is 11.1. The summed E-state index contributed by atoms with van der Waals surface area (Å²) >= 11 is 0. The molecule has 0 aromatic rings. The predicted molar refractivity (Wildman–Crippen MR) is 43.8 cm³/mol. The first-order chi connectivity index (χ1) is 5.64. The molecule has 70 valence electrons. The number of amides is 1. The lowest BCUT2D eigenvalue weighted by atomic mass is 9.98. The smallest absolute Gasteiger partial charge is 0.410 e. The van der Waals surface area contributed by atoms with Crippen LogP contribution in [0.3, 0.4) is 0 Å². The Morgan fingerprint density at radius 1 is 1.75 bits per heavy atom. The van der Waals surface area contributed by atoms with Gasteiger partial charge in [-0.15, -0.1) is 0 Å². The van der Waals surface area contributed by atoms with Gasteiger partial charge in [0, 0.05) is 13.2 Å². The number of hydrogen-bond donors (Lipinski definition) is 1. The van der Waals surface area contributed by atoms with Gasteiger partial charge in [-0.3, -0.25) is 4.90 Å². The second-order valence-corrected chi connectivity index (χ2v) is 3.27. The summed E-state index contributed by atoms with van der Waals surface area (Å²) in [5.41, 5.74) is -0.305. The van der Waals surface area contributed by atoms with Gasteiger partial charge in [-0.1, -0.05) is 0 Å². The highest BCUT2D eigenvalue weighted by Gasteiger charge is 2.41. The van der Waals surface area contributed by atoms with Crippen LogP contribution in [-0.2, 0) is 4.74 Å². The average molecular weight is 173 g/mol. The second kappa shape index (κ2) is 3.31. The molecular weight excluding hydrogens is 158 g/mol. The Kier molecular flexibility index (Phi) is 2.57. The Balaban J connectivity index is 2.69. The minimum absolute atomic E-state index is 0.0869. The third-order valence-corrected chi connectivity index (χ3v) is 2.35. The van der Waals surface area contributed by atoms with Gasteiger partial charge in [0.1, 0.15) is 6.61 Å². The van der Waals surface area contributed by atoms with Crippen molar-refractivity contribution in [2.45, 2.75) is 25.8 Å². The van der Waals surface area contributed by atoms with Gasteiger partial charge in [-0.05, 0) is 20.3 Å². The van der Waals surface area contributed by atoms with Crippen LogP contribution in [0.5, 0.6) is 0 Å². The first-order valence-corrected chi connectivity index (χ1v) is 4.19. The summed E-state index contributed by atoms with van der Waals surface area (Å²) in [5, 5.41) is 8.80. The van der Waals surface area contributed by atoms with E-state index in [-0.39, 0.29) is 18.2 Å². The summed E-state index contributed by atoms with van der Waals surface area (Å²) in [4.78, 5) is 12.8. The van der Waals surface area contributed by atoms with Gasteiger partial charge in [-0.25, -0.2) is 4.79 Å². The maximum atomic E-state index is 11.1. The largest absolute Gasteiger partial charge is 0.447 e. The third-order valence-electron chi connectivity index (χ3n) is 2.35. The number of rotatable bonds is 3. The zero-order valence-electron chi connectivity index (χ0n) is 7.54. The summed E-state index contributed by atoms with van der Waals surface area (Å²) in [6.07, 6.45) is 0.306. The van der Waals surface area contributed by atoms with Crippen molar-refractivity contribution in [3.8, 4) is 0 Å². The van der Waals surface area contributed by atoms with Crippen LogP contribution < -0.4 is 0 Å². The van der Waals surface area contributed by atoms with Gasteiger partial charge < -0.3 is 9.84 Å². The highest BCUT2D eigenvalue weighted by molar-refractivity contribution is 5.71. The first-order valence-electron chi connectivity index (χ1n) is 4.19. The number of carbonyl (C=O) groups is 1. The maximum Gasteiger partial charge on any atom is 0.410 e. The van der Waals surface area contributed by atoms with Crippen LogP contribution in [0.25, 0.3) is 0 Å². The van der Waals surface area contributed by atoms with E-state index in [0.29, 0.717) is 19.6 Å². The number of aliphatic hydroxyl groups is 1. The molecule has 0 aromatic carbocycles. The van der Waals surface area contributed by atoms with E-state index in [9.17, 15) is 4.79 Å². The van der Waals surface area contributed by atoms with Crippen molar-refractivity contribution in [3.63, 3.8) is 0 Å². The lowest BCUT2D eigenvalue weighted by molar-refractivity contribution is 0.141. The van der Waals surface area contributed by atoms with Crippen LogP contribution in [0.1, 0.15) is 20.3 Å². The van der Waals surface area contributed by atoms with Gasteiger partial charge in [0.25, 0.3) is 0 Å². The molecular formula is C8H15NO3. The van der Waals surface area contributed by atoms with E-state index < -0.39 is 0 Å². The highest BCUT2D eigenvalue weighted by Crippen LogP contribution is 2.26. The molecule has 0 aliphatic carbocycles. The summed E-state index contributed by atoms with van der Waals surface area (Å²) in [5.74, 6) is 0. The van der Waals surface area contributed by atoms with Gasteiger partial charge in [0.15, 0.2) is 0 Å². The standard InChI is InChI=1S/C8H15NO3/c1-3-9-7(11)12-6-8(9,2)4-5-10/h10H,3-6H2,1-2H3. The quantitative estimate of drug-likeness (QED) is 0.680. The molecule has 1 rings (SSSR count). The fraction of sp³-hybridized carbons (Fsp3) is 0.875. The molecule has 1 unspecified atom stereocenters. The number of cyclic esters (lactones) is 1. The Labute approximate surface area is 72.1 Å². The van der Waals surface area contributed by atoms with E-state index in [2.05, 4.69) is 0 Å². The molecule has 1 amide bonds. The first kappa shape index (κ1) is 9.32. The van der Waals surface area contributed by atoms with Gasteiger partial charge >= 0.3 is 6.09 Å². The molecule has 1 aliphatic rings. The van der Waals surface area contributed by atoms with Crippen molar-refractivity contribution in [1.82, 2.24) is 4.90 Å². The zero-order valence-corrected chi connectivity index (χ0v) is 7.54. The van der Waals surface area contributed by atoms with E-state index in [0.717, 1.165) is 0 Å². The molecule has 1 atom stereocenters. The lowest BCUT2D eigenvalue weighted by Gasteiger charge is -2.30. The van der Waals surface area contributed by atoms with Crippen molar-refractivity contribution in [3.05, 3.63) is 0 Å². The SMILES string of the molecule is CCN1C(=O)OCC1(C)CCO. The Morgan fingerprint density at radius 3 is 2.92 bits per heavy atom. The van der Waals surface area contributed by atoms with E-state index >= 15 is 0 Å². The van der Waals surface area contributed by atoms with Crippen molar-refractivity contribution >= 4 is 6.09 Å². The average Bonchev–Trinajstić information content (AvgIpc) is 2.28. The molecule has 0 radical (unpaired) electrons. The molecule has 1 aliphatic heterocycles. The topological polar surface area (TPSA) is 49.8 Å². The molecule has 12 heavy (non-hydrogen) atoms. The molecule has 4 nitrogen and oxygen atoms in total. The van der Waals surface area contributed by atoms with E-state index in [1.807, 2.05) is 13.8 Å². The fourth-order valence-corrected chi connectivity index (χ4v) is 1.55. The number of carbonyl (C=O) groups excluding carboxylic acids is 1. The Bertz CT molecular complexity index is 183. The number of aliphatic hydroxyl groups excluding tert-OH is 1. The number of hydrogen-bond acceptors (Lipinski definition) is 3. The molecule has 1 heterocycles. The van der Waals surface area contributed by atoms with Crippen LogP contribution in [0, 0.1) is 0 Å². The number of ether oxygens (including phenoxy) is 1.